The summed E-state index contributed by atoms with van der Waals surface area (Å²) in [6, 6.07) is 0. The molecule has 0 unspecified atom stereocenters. The molecule has 0 N–H and O–H groups in total. The molecular weight excluding hydrogens is 150 g/mol. The van der Waals surface area contributed by atoms with Crippen LogP contribution in [-0.4, -0.2) is 11.8 Å². The highest BCUT2D eigenvalue weighted by atomic mass is 16.6. The van der Waals surface area contributed by atoms with Gasteiger partial charge in [-0.15, -0.1) is 0 Å². The molecule has 2 nitrogen and oxygen atoms in total. The molecule has 0 spiro atoms. The lowest BCUT2D eigenvalue weighted by atomic mass is 9.89. The second-order valence-electron chi connectivity index (χ2n) is 3.61. The predicted molar refractivity (Wildman–Crippen MR) is 49.1 cm³/mol. The third-order valence-corrected chi connectivity index (χ3v) is 2.75. The van der Waals surface area contributed by atoms with E-state index >= 15 is 0 Å². The van der Waals surface area contributed by atoms with Crippen molar-refractivity contribution in [3.63, 3.8) is 0 Å². The number of oxime groups is 1. The smallest absolute Gasteiger partial charge is 0.136 e. The van der Waals surface area contributed by atoms with E-state index in [1.807, 2.05) is 0 Å². The molecule has 0 saturated heterocycles. The Morgan fingerprint density at radius 2 is 2.08 bits per heavy atom. The van der Waals surface area contributed by atoms with Crippen LogP contribution in [0.3, 0.4) is 0 Å². The predicted octanol–water partition coefficient (Wildman–Crippen LogP) is 2.51. The van der Waals surface area contributed by atoms with Crippen molar-refractivity contribution < 1.29 is 4.84 Å². The van der Waals surface area contributed by atoms with Gasteiger partial charge in [0, 0.05) is 5.92 Å². The lowest BCUT2D eigenvalue weighted by Crippen LogP contribution is -2.22. The molecule has 0 saturated carbocycles. The van der Waals surface area contributed by atoms with E-state index in [0.29, 0.717) is 12.0 Å². The molecule has 0 bridgehead atoms. The third kappa shape index (κ3) is 1.38. The number of allylic oxidation sites excluding steroid dienone is 2. The maximum absolute atomic E-state index is 5.36. The van der Waals surface area contributed by atoms with E-state index < -0.39 is 0 Å². The molecule has 0 aromatic heterocycles. The summed E-state index contributed by atoms with van der Waals surface area (Å²) in [4.78, 5) is 5.36. The molecule has 1 aliphatic carbocycles. The summed E-state index contributed by atoms with van der Waals surface area (Å²) in [5.41, 5.74) is 1.19. The fraction of sp³-hybridized carbons (Fsp3) is 0.700. The Labute approximate surface area is 73.3 Å². The van der Waals surface area contributed by atoms with Crippen LogP contribution in [0, 0.1) is 5.92 Å². The van der Waals surface area contributed by atoms with Crippen LogP contribution in [0.1, 0.15) is 32.6 Å². The van der Waals surface area contributed by atoms with Crippen LogP contribution in [-0.2, 0) is 4.84 Å². The Kier molecular flexibility index (Phi) is 2.15. The molecule has 12 heavy (non-hydrogen) atoms. The van der Waals surface area contributed by atoms with Crippen LogP contribution in [0.5, 0.6) is 0 Å². The van der Waals surface area contributed by atoms with Gasteiger partial charge in [0.2, 0.25) is 0 Å². The molecule has 0 fully saturated rings. The van der Waals surface area contributed by atoms with Crippen molar-refractivity contribution in [2.24, 2.45) is 11.1 Å². The van der Waals surface area contributed by atoms with E-state index in [1.165, 1.54) is 18.6 Å². The maximum atomic E-state index is 5.36. The average Bonchev–Trinajstić information content (AvgIpc) is 2.31. The van der Waals surface area contributed by atoms with E-state index in [0.717, 1.165) is 12.8 Å². The topological polar surface area (TPSA) is 21.6 Å². The minimum atomic E-state index is 0.370. The van der Waals surface area contributed by atoms with Gasteiger partial charge in [0.25, 0.3) is 0 Å². The van der Waals surface area contributed by atoms with Gasteiger partial charge in [0.15, 0.2) is 0 Å². The molecule has 2 rings (SSSR count). The van der Waals surface area contributed by atoms with Crippen molar-refractivity contribution in [2.75, 3.05) is 0 Å². The van der Waals surface area contributed by atoms with Crippen LogP contribution >= 0.6 is 0 Å². The van der Waals surface area contributed by atoms with Crippen LogP contribution in [0.4, 0.5) is 0 Å². The molecule has 0 amide bonds. The minimum absolute atomic E-state index is 0.370. The van der Waals surface area contributed by atoms with Gasteiger partial charge in [-0.1, -0.05) is 17.3 Å². The van der Waals surface area contributed by atoms with Crippen molar-refractivity contribution in [3.8, 4) is 0 Å². The maximum Gasteiger partial charge on any atom is 0.136 e. The fourth-order valence-electron chi connectivity index (χ4n) is 1.98. The summed E-state index contributed by atoms with van der Waals surface area (Å²) in [6.07, 6.45) is 9.56. The number of hydrogen-bond acceptors (Lipinski definition) is 2. The van der Waals surface area contributed by atoms with E-state index in [1.54, 1.807) is 0 Å². The molecule has 0 aromatic rings. The van der Waals surface area contributed by atoms with Gasteiger partial charge < -0.3 is 4.84 Å². The molecule has 0 radical (unpaired) electrons. The van der Waals surface area contributed by atoms with E-state index in [9.17, 15) is 0 Å². The first-order chi connectivity index (χ1) is 5.88. The normalized spacial score (nSPS) is 37.2. The van der Waals surface area contributed by atoms with Crippen LogP contribution < -0.4 is 0 Å². The second kappa shape index (κ2) is 3.30. The summed E-state index contributed by atoms with van der Waals surface area (Å²) in [5, 5.41) is 4.05. The van der Waals surface area contributed by atoms with Crippen LogP contribution in [0.25, 0.3) is 0 Å². The summed E-state index contributed by atoms with van der Waals surface area (Å²) in [7, 11) is 0. The summed E-state index contributed by atoms with van der Waals surface area (Å²) < 4.78 is 0. The van der Waals surface area contributed by atoms with Crippen molar-refractivity contribution in [1.82, 2.24) is 0 Å². The highest BCUT2D eigenvalue weighted by molar-refractivity contribution is 5.85. The van der Waals surface area contributed by atoms with Crippen LogP contribution in [0.15, 0.2) is 17.3 Å². The second-order valence-corrected chi connectivity index (χ2v) is 3.61. The first-order valence-corrected chi connectivity index (χ1v) is 4.73. The zero-order valence-electron chi connectivity index (χ0n) is 7.49. The Morgan fingerprint density at radius 1 is 1.33 bits per heavy atom. The van der Waals surface area contributed by atoms with E-state index in [2.05, 4.69) is 24.2 Å². The monoisotopic (exact) mass is 165 g/mol. The van der Waals surface area contributed by atoms with Gasteiger partial charge in [-0.2, -0.15) is 0 Å². The molecule has 2 heteroatoms. The quantitative estimate of drug-likeness (QED) is 0.505. The Balaban J connectivity index is 2.06. The van der Waals surface area contributed by atoms with Crippen molar-refractivity contribution in [1.29, 1.82) is 0 Å². The lowest BCUT2D eigenvalue weighted by molar-refractivity contribution is 0.0538. The highest BCUT2D eigenvalue weighted by Crippen LogP contribution is 2.28. The van der Waals surface area contributed by atoms with Crippen molar-refractivity contribution >= 4 is 5.71 Å². The summed E-state index contributed by atoms with van der Waals surface area (Å²) >= 11 is 0. The third-order valence-electron chi connectivity index (χ3n) is 2.75. The van der Waals surface area contributed by atoms with Gasteiger partial charge in [-0.25, -0.2) is 0 Å². The highest BCUT2D eigenvalue weighted by Gasteiger charge is 2.30. The van der Waals surface area contributed by atoms with Gasteiger partial charge in [0.1, 0.15) is 6.10 Å². The summed E-state index contributed by atoms with van der Waals surface area (Å²) in [6.45, 7) is 2.08. The minimum Gasteiger partial charge on any atom is -0.392 e. The molecule has 66 valence electrons. The molecule has 0 aromatic carbocycles. The fourth-order valence-corrected chi connectivity index (χ4v) is 1.98. The van der Waals surface area contributed by atoms with Crippen molar-refractivity contribution in [3.05, 3.63) is 12.2 Å². The van der Waals surface area contributed by atoms with Crippen LogP contribution in [0.2, 0.25) is 0 Å². The largest absolute Gasteiger partial charge is 0.392 e. The molecule has 1 aliphatic heterocycles. The molecular formula is C10H15NO. The lowest BCUT2D eigenvalue weighted by Gasteiger charge is -2.17. The molecule has 1 heterocycles. The van der Waals surface area contributed by atoms with E-state index in [-0.39, 0.29) is 0 Å². The zero-order chi connectivity index (χ0) is 8.39. The van der Waals surface area contributed by atoms with Gasteiger partial charge in [-0.05, 0) is 32.6 Å². The molecule has 2 atom stereocenters. The number of fused-ring (bicyclic) bond motifs is 1. The Morgan fingerprint density at radius 3 is 2.92 bits per heavy atom. The standard InChI is InChI=1S/C10H15NO/c1-8-9-6-4-2-3-5-7-10(9)12-11-8/h2-3,9-10H,4-7H2,1H3/b3-2-/t9-,10-/m1/s1. The number of hydrogen-bond donors (Lipinski definition) is 0. The summed E-state index contributed by atoms with van der Waals surface area (Å²) in [5.74, 6) is 0.593. The zero-order valence-corrected chi connectivity index (χ0v) is 7.49. The Hall–Kier alpha value is -0.790. The first-order valence-electron chi connectivity index (χ1n) is 4.73. The number of rotatable bonds is 0. The Bertz CT molecular complexity index is 220. The molecule has 2 aliphatic rings. The van der Waals surface area contributed by atoms with Gasteiger partial charge >= 0.3 is 0 Å². The van der Waals surface area contributed by atoms with Gasteiger partial charge in [-0.3, -0.25) is 0 Å². The van der Waals surface area contributed by atoms with Gasteiger partial charge in [0.05, 0.1) is 5.71 Å². The SMILES string of the molecule is CC1=NO[C@@H]2CC/C=C\CC[C@H]12. The van der Waals surface area contributed by atoms with Crippen molar-refractivity contribution in [2.45, 2.75) is 38.7 Å². The van der Waals surface area contributed by atoms with E-state index in [4.69, 9.17) is 4.84 Å². The average molecular weight is 165 g/mol. The first kappa shape index (κ1) is 7.84. The number of nitrogens with zero attached hydrogens (tertiary/aromatic N) is 1.